The van der Waals surface area contributed by atoms with Gasteiger partial charge in [0.25, 0.3) is 0 Å². The molecule has 2 N–H and O–H groups in total. The third-order valence-corrected chi connectivity index (χ3v) is 3.49. The van der Waals surface area contributed by atoms with E-state index in [2.05, 4.69) is 15.4 Å². The highest BCUT2D eigenvalue weighted by atomic mass is 35.5. The molecular weight excluding hydrogens is 323 g/mol. The van der Waals surface area contributed by atoms with Gasteiger partial charge < -0.3 is 10.2 Å². The molecule has 0 fully saturated rings. The third kappa shape index (κ3) is 3.21. The number of halogens is 2. The second-order valence-corrected chi connectivity index (χ2v) is 5.27. The van der Waals surface area contributed by atoms with E-state index in [4.69, 9.17) is 11.6 Å². The Morgan fingerprint density at radius 1 is 1.04 bits per heavy atom. The molecule has 0 radical (unpaired) electrons. The zero-order valence-corrected chi connectivity index (χ0v) is 12.5. The Hall–Kier alpha value is -2.35. The van der Waals surface area contributed by atoms with Gasteiger partial charge in [0.05, 0.1) is 0 Å². The molecule has 2 atom stereocenters. The maximum absolute atomic E-state index is 13.8. The van der Waals surface area contributed by atoms with E-state index < -0.39 is 18.0 Å². The molecule has 0 spiro atoms. The van der Waals surface area contributed by atoms with E-state index in [0.717, 1.165) is 4.80 Å². The van der Waals surface area contributed by atoms with Gasteiger partial charge in [-0.15, -0.1) is 15.0 Å². The van der Waals surface area contributed by atoms with Crippen molar-refractivity contribution in [2.45, 2.75) is 12.2 Å². The van der Waals surface area contributed by atoms with E-state index in [9.17, 15) is 14.6 Å². The first kappa shape index (κ1) is 15.5. The lowest BCUT2D eigenvalue weighted by Crippen LogP contribution is -2.12. The summed E-state index contributed by atoms with van der Waals surface area (Å²) in [6, 6.07) is 12.5. The van der Waals surface area contributed by atoms with Gasteiger partial charge in [-0.2, -0.15) is 0 Å². The van der Waals surface area contributed by atoms with Gasteiger partial charge in [-0.25, -0.2) is 4.39 Å². The van der Waals surface area contributed by atoms with Gasteiger partial charge in [0.2, 0.25) is 5.82 Å². The summed E-state index contributed by atoms with van der Waals surface area (Å²) in [5.41, 5.74) is 0.503. The molecule has 0 saturated heterocycles. The van der Waals surface area contributed by atoms with Crippen molar-refractivity contribution in [2.75, 3.05) is 0 Å². The monoisotopic (exact) mass is 334 g/mol. The highest BCUT2D eigenvalue weighted by Crippen LogP contribution is 2.26. The second-order valence-electron chi connectivity index (χ2n) is 4.83. The quantitative estimate of drug-likeness (QED) is 0.764. The number of tetrazole rings is 1. The molecule has 2 aromatic carbocycles. The van der Waals surface area contributed by atoms with Crippen LogP contribution >= 0.6 is 11.6 Å². The fourth-order valence-corrected chi connectivity index (χ4v) is 2.22. The summed E-state index contributed by atoms with van der Waals surface area (Å²) in [6.07, 6.45) is -2.62. The molecule has 8 heteroatoms. The van der Waals surface area contributed by atoms with Crippen molar-refractivity contribution in [1.82, 2.24) is 20.2 Å². The van der Waals surface area contributed by atoms with Crippen molar-refractivity contribution in [3.63, 3.8) is 0 Å². The summed E-state index contributed by atoms with van der Waals surface area (Å²) in [5.74, 6) is -0.711. The van der Waals surface area contributed by atoms with Gasteiger partial charge in [0.1, 0.15) is 17.9 Å². The number of nitrogens with zero attached hydrogens (tertiary/aromatic N) is 4. The summed E-state index contributed by atoms with van der Waals surface area (Å²) < 4.78 is 13.8. The molecule has 3 rings (SSSR count). The van der Waals surface area contributed by atoms with Gasteiger partial charge in [-0.3, -0.25) is 0 Å². The summed E-state index contributed by atoms with van der Waals surface area (Å²) >= 11 is 5.82. The van der Waals surface area contributed by atoms with Gasteiger partial charge >= 0.3 is 0 Å². The van der Waals surface area contributed by atoms with Gasteiger partial charge in [-0.1, -0.05) is 41.9 Å². The summed E-state index contributed by atoms with van der Waals surface area (Å²) in [5, 5.41) is 31.9. The highest BCUT2D eigenvalue weighted by molar-refractivity contribution is 6.30. The maximum Gasteiger partial charge on any atom is 0.206 e. The Balaban J connectivity index is 1.88. The topological polar surface area (TPSA) is 84.1 Å². The third-order valence-electron chi connectivity index (χ3n) is 3.26. The Kier molecular flexibility index (Phi) is 4.33. The number of aliphatic hydroxyl groups excluding tert-OH is 2. The van der Waals surface area contributed by atoms with Crippen molar-refractivity contribution in [2.24, 2.45) is 0 Å². The van der Waals surface area contributed by atoms with Crippen LogP contribution in [0.4, 0.5) is 4.39 Å². The van der Waals surface area contributed by atoms with Crippen LogP contribution in [0.15, 0.2) is 48.5 Å². The van der Waals surface area contributed by atoms with Crippen LogP contribution in [-0.2, 0) is 0 Å². The van der Waals surface area contributed by atoms with E-state index in [-0.39, 0.29) is 11.5 Å². The Bertz CT molecular complexity index is 812. The van der Waals surface area contributed by atoms with Crippen LogP contribution in [0.3, 0.4) is 0 Å². The second kappa shape index (κ2) is 6.41. The van der Waals surface area contributed by atoms with Crippen LogP contribution in [0.5, 0.6) is 0 Å². The fourth-order valence-electron chi connectivity index (χ4n) is 2.06. The number of benzene rings is 2. The molecular formula is C15H12ClFN4O2. The van der Waals surface area contributed by atoms with Crippen molar-refractivity contribution in [3.8, 4) is 5.69 Å². The number of aliphatic hydroxyl groups is 2. The smallest absolute Gasteiger partial charge is 0.206 e. The molecule has 6 nitrogen and oxygen atoms in total. The number of hydrogen-bond donors (Lipinski definition) is 2. The lowest BCUT2D eigenvalue weighted by atomic mass is 10.0. The molecule has 1 heterocycles. The standard InChI is InChI=1S/C15H12ClFN4O2/c16-10-6-7-11(17)12(8-10)21-19-15(18-20-21)14(23)13(22)9-4-2-1-3-5-9/h1-8,13-14,22-23H. The molecule has 118 valence electrons. The zero-order valence-electron chi connectivity index (χ0n) is 11.7. The summed E-state index contributed by atoms with van der Waals surface area (Å²) in [7, 11) is 0. The average Bonchev–Trinajstić information content (AvgIpc) is 3.06. The molecule has 0 amide bonds. The van der Waals surface area contributed by atoms with E-state index in [1.54, 1.807) is 30.3 Å². The predicted octanol–water partition coefficient (Wildman–Crippen LogP) is 2.22. The SMILES string of the molecule is OC(c1ccccc1)C(O)c1nnn(-c2cc(Cl)ccc2F)n1. The lowest BCUT2D eigenvalue weighted by molar-refractivity contribution is 0.0117. The fraction of sp³-hybridized carbons (Fsp3) is 0.133. The van der Waals surface area contributed by atoms with Crippen LogP contribution in [-0.4, -0.2) is 30.4 Å². The lowest BCUT2D eigenvalue weighted by Gasteiger charge is -2.14. The summed E-state index contributed by atoms with van der Waals surface area (Å²) in [4.78, 5) is 0.914. The molecule has 0 aliphatic heterocycles. The van der Waals surface area contributed by atoms with Crippen LogP contribution < -0.4 is 0 Å². The largest absolute Gasteiger partial charge is 0.385 e. The molecule has 23 heavy (non-hydrogen) atoms. The van der Waals surface area contributed by atoms with Crippen molar-refractivity contribution in [1.29, 1.82) is 0 Å². The number of rotatable bonds is 4. The molecule has 3 aromatic rings. The molecule has 0 saturated carbocycles. The van der Waals surface area contributed by atoms with E-state index in [1.807, 2.05) is 0 Å². The van der Waals surface area contributed by atoms with Gasteiger partial charge in [0.15, 0.2) is 5.82 Å². The minimum atomic E-state index is -1.40. The van der Waals surface area contributed by atoms with Gasteiger partial charge in [0, 0.05) is 5.02 Å². The average molecular weight is 335 g/mol. The van der Waals surface area contributed by atoms with Crippen LogP contribution in [0.2, 0.25) is 5.02 Å². The Morgan fingerprint density at radius 2 is 1.78 bits per heavy atom. The minimum Gasteiger partial charge on any atom is -0.385 e. The van der Waals surface area contributed by atoms with Crippen LogP contribution in [0.1, 0.15) is 23.6 Å². The normalized spacial score (nSPS) is 13.7. The van der Waals surface area contributed by atoms with Crippen LogP contribution in [0, 0.1) is 5.82 Å². The zero-order chi connectivity index (χ0) is 16.4. The van der Waals surface area contributed by atoms with Crippen LogP contribution in [0.25, 0.3) is 5.69 Å². The summed E-state index contributed by atoms with van der Waals surface area (Å²) in [6.45, 7) is 0. The highest BCUT2D eigenvalue weighted by Gasteiger charge is 2.25. The Labute approximate surface area is 135 Å². The van der Waals surface area contributed by atoms with Crippen molar-refractivity contribution in [3.05, 3.63) is 70.8 Å². The minimum absolute atomic E-state index is 0.00218. The van der Waals surface area contributed by atoms with E-state index in [1.165, 1.54) is 18.2 Å². The molecule has 2 unspecified atom stereocenters. The number of hydrogen-bond acceptors (Lipinski definition) is 5. The molecule has 0 bridgehead atoms. The maximum atomic E-state index is 13.8. The van der Waals surface area contributed by atoms with Crippen molar-refractivity contribution < 1.29 is 14.6 Å². The Morgan fingerprint density at radius 3 is 2.52 bits per heavy atom. The van der Waals surface area contributed by atoms with Crippen molar-refractivity contribution >= 4 is 11.6 Å². The predicted molar refractivity (Wildman–Crippen MR) is 80.5 cm³/mol. The first-order chi connectivity index (χ1) is 11.1. The first-order valence-corrected chi connectivity index (χ1v) is 7.10. The molecule has 0 aliphatic carbocycles. The molecule has 1 aromatic heterocycles. The molecule has 0 aliphatic rings. The number of aromatic nitrogens is 4. The first-order valence-electron chi connectivity index (χ1n) is 6.72. The van der Waals surface area contributed by atoms with Gasteiger partial charge in [-0.05, 0) is 29.0 Å². The van der Waals surface area contributed by atoms with E-state index in [0.29, 0.717) is 10.6 Å². The van der Waals surface area contributed by atoms with E-state index >= 15 is 0 Å².